The molecule has 5 heteroatoms. The Morgan fingerprint density at radius 2 is 2.05 bits per heavy atom. The molecule has 0 aliphatic heterocycles. The lowest BCUT2D eigenvalue weighted by Gasteiger charge is -2.13. The topological polar surface area (TPSA) is 45.7 Å². The molecule has 21 heavy (non-hydrogen) atoms. The fourth-order valence-electron chi connectivity index (χ4n) is 1.62. The molecule has 2 N–H and O–H groups in total. The maximum absolute atomic E-state index is 5.66. The molecule has 1 atom stereocenters. The first-order valence-corrected chi connectivity index (χ1v) is 8.77. The van der Waals surface area contributed by atoms with Crippen molar-refractivity contribution in [1.29, 1.82) is 0 Å². The molecule has 1 aromatic carbocycles. The van der Waals surface area contributed by atoms with Gasteiger partial charge in [0, 0.05) is 18.3 Å². The highest BCUT2D eigenvalue weighted by Crippen LogP contribution is 2.08. The number of hydrogen-bond donors (Lipinski definition) is 2. The van der Waals surface area contributed by atoms with Crippen LogP contribution in [0.4, 0.5) is 0 Å². The van der Waals surface area contributed by atoms with Gasteiger partial charge in [-0.3, -0.25) is 4.99 Å². The average molecular weight is 309 g/mol. The van der Waals surface area contributed by atoms with E-state index >= 15 is 0 Å². The van der Waals surface area contributed by atoms with Crippen molar-refractivity contribution in [1.82, 2.24) is 10.6 Å². The van der Waals surface area contributed by atoms with E-state index in [9.17, 15) is 0 Å². The molecule has 0 fully saturated rings. The summed E-state index contributed by atoms with van der Waals surface area (Å²) in [5.41, 5.74) is 0. The molecule has 0 aliphatic rings. The molecule has 1 unspecified atom stereocenters. The van der Waals surface area contributed by atoms with Crippen molar-refractivity contribution < 1.29 is 4.74 Å². The van der Waals surface area contributed by atoms with E-state index in [-0.39, 0.29) is 0 Å². The molecule has 0 aromatic heterocycles. The first-order valence-electron chi connectivity index (χ1n) is 7.49. The van der Waals surface area contributed by atoms with Crippen molar-refractivity contribution in [3.8, 4) is 5.75 Å². The summed E-state index contributed by atoms with van der Waals surface area (Å²) in [6.07, 6.45) is 3.05. The van der Waals surface area contributed by atoms with Crippen LogP contribution in [0.1, 0.15) is 20.3 Å². The van der Waals surface area contributed by atoms with Gasteiger partial charge in [-0.1, -0.05) is 25.1 Å². The molecule has 0 bridgehead atoms. The lowest BCUT2D eigenvalue weighted by Crippen LogP contribution is -2.38. The molecule has 0 spiro atoms. The van der Waals surface area contributed by atoms with Gasteiger partial charge in [-0.15, -0.1) is 0 Å². The van der Waals surface area contributed by atoms with Crippen molar-refractivity contribution in [2.45, 2.75) is 25.5 Å². The van der Waals surface area contributed by atoms with E-state index in [0.29, 0.717) is 11.9 Å². The van der Waals surface area contributed by atoms with Crippen LogP contribution in [0.25, 0.3) is 0 Å². The minimum absolute atomic E-state index is 0.543. The van der Waals surface area contributed by atoms with Crippen molar-refractivity contribution in [3.63, 3.8) is 0 Å². The molecule has 0 saturated heterocycles. The largest absolute Gasteiger partial charge is 0.494 e. The summed E-state index contributed by atoms with van der Waals surface area (Å²) in [5, 5.41) is 7.14. The summed E-state index contributed by atoms with van der Waals surface area (Å²) in [5.74, 6) is 1.81. The van der Waals surface area contributed by atoms with Gasteiger partial charge in [-0.05, 0) is 31.7 Å². The molecule has 4 nitrogen and oxygen atoms in total. The SMILES string of the molecule is CCNC(=NCC(C)SC)NCCCOc1ccccc1. The van der Waals surface area contributed by atoms with Gasteiger partial charge in [0.15, 0.2) is 5.96 Å². The predicted octanol–water partition coefficient (Wildman–Crippen LogP) is 2.76. The molecule has 0 radical (unpaired) electrons. The maximum Gasteiger partial charge on any atom is 0.191 e. The Hall–Kier alpha value is -1.36. The van der Waals surface area contributed by atoms with Gasteiger partial charge >= 0.3 is 0 Å². The zero-order valence-electron chi connectivity index (χ0n) is 13.3. The van der Waals surface area contributed by atoms with Crippen molar-refractivity contribution in [2.75, 3.05) is 32.5 Å². The highest BCUT2D eigenvalue weighted by atomic mass is 32.2. The first kappa shape index (κ1) is 17.7. The van der Waals surface area contributed by atoms with Gasteiger partial charge in [0.05, 0.1) is 13.2 Å². The van der Waals surface area contributed by atoms with Gasteiger partial charge < -0.3 is 15.4 Å². The van der Waals surface area contributed by atoms with Crippen LogP contribution in [-0.4, -0.2) is 43.7 Å². The highest BCUT2D eigenvalue weighted by molar-refractivity contribution is 7.99. The maximum atomic E-state index is 5.66. The van der Waals surface area contributed by atoms with Crippen molar-refractivity contribution >= 4 is 17.7 Å². The fraction of sp³-hybridized carbons (Fsp3) is 0.562. The third-order valence-corrected chi connectivity index (χ3v) is 3.83. The smallest absolute Gasteiger partial charge is 0.191 e. The summed E-state index contributed by atoms with van der Waals surface area (Å²) >= 11 is 1.83. The number of nitrogens with one attached hydrogen (secondary N) is 2. The number of benzene rings is 1. The second-order valence-electron chi connectivity index (χ2n) is 4.71. The van der Waals surface area contributed by atoms with Crippen LogP contribution in [0.5, 0.6) is 5.75 Å². The van der Waals surface area contributed by atoms with Crippen LogP contribution in [0, 0.1) is 0 Å². The third kappa shape index (κ3) is 8.50. The molecule has 0 heterocycles. The van der Waals surface area contributed by atoms with Gasteiger partial charge in [-0.2, -0.15) is 11.8 Å². The van der Waals surface area contributed by atoms with Gasteiger partial charge in [0.2, 0.25) is 0 Å². The van der Waals surface area contributed by atoms with Crippen LogP contribution in [0.2, 0.25) is 0 Å². The van der Waals surface area contributed by atoms with Crippen molar-refractivity contribution in [3.05, 3.63) is 30.3 Å². The third-order valence-electron chi connectivity index (χ3n) is 2.88. The van der Waals surface area contributed by atoms with E-state index in [0.717, 1.165) is 37.8 Å². The van der Waals surface area contributed by atoms with Crippen LogP contribution < -0.4 is 15.4 Å². The van der Waals surface area contributed by atoms with E-state index in [2.05, 4.69) is 35.7 Å². The standard InChI is InChI=1S/C16H27N3OS/c1-4-17-16(19-13-14(2)21-3)18-11-8-12-20-15-9-6-5-7-10-15/h5-7,9-10,14H,4,8,11-13H2,1-3H3,(H2,17,18,19). The average Bonchev–Trinajstić information content (AvgIpc) is 2.52. The minimum Gasteiger partial charge on any atom is -0.494 e. The lowest BCUT2D eigenvalue weighted by atomic mass is 10.3. The number of hydrogen-bond acceptors (Lipinski definition) is 3. The zero-order chi connectivity index (χ0) is 15.3. The van der Waals surface area contributed by atoms with Gasteiger partial charge in [-0.25, -0.2) is 0 Å². The molecule has 1 aromatic rings. The number of guanidine groups is 1. The number of thioether (sulfide) groups is 1. The fourth-order valence-corrected chi connectivity index (χ4v) is 1.85. The number of para-hydroxylation sites is 1. The second-order valence-corrected chi connectivity index (χ2v) is 5.98. The summed E-state index contributed by atoms with van der Waals surface area (Å²) in [6.45, 7) is 7.53. The van der Waals surface area contributed by atoms with Crippen molar-refractivity contribution in [2.24, 2.45) is 4.99 Å². The number of ether oxygens (including phenoxy) is 1. The predicted molar refractivity (Wildman–Crippen MR) is 93.5 cm³/mol. The Kier molecular flexibility index (Phi) is 9.53. The van der Waals surface area contributed by atoms with Gasteiger partial charge in [0.25, 0.3) is 0 Å². The number of aliphatic imine (C=N–C) groups is 1. The van der Waals surface area contributed by atoms with Crippen LogP contribution in [0.15, 0.2) is 35.3 Å². The quantitative estimate of drug-likeness (QED) is 0.418. The molecule has 0 aliphatic carbocycles. The van der Waals surface area contributed by atoms with Crippen LogP contribution in [-0.2, 0) is 0 Å². The second kappa shape index (κ2) is 11.3. The highest BCUT2D eigenvalue weighted by Gasteiger charge is 2.00. The number of nitrogens with zero attached hydrogens (tertiary/aromatic N) is 1. The first-order chi connectivity index (χ1) is 10.3. The Labute approximate surface area is 132 Å². The van der Waals surface area contributed by atoms with Crippen LogP contribution >= 0.6 is 11.8 Å². The summed E-state index contributed by atoms with van der Waals surface area (Å²) < 4.78 is 5.66. The Morgan fingerprint density at radius 3 is 2.71 bits per heavy atom. The molecule has 0 amide bonds. The zero-order valence-corrected chi connectivity index (χ0v) is 14.1. The van der Waals surface area contributed by atoms with Gasteiger partial charge in [0.1, 0.15) is 5.75 Å². The minimum atomic E-state index is 0.543. The lowest BCUT2D eigenvalue weighted by molar-refractivity contribution is 0.311. The van der Waals surface area contributed by atoms with E-state index < -0.39 is 0 Å². The van der Waals surface area contributed by atoms with E-state index in [1.165, 1.54) is 0 Å². The Morgan fingerprint density at radius 1 is 1.29 bits per heavy atom. The Bertz CT molecular complexity index is 398. The monoisotopic (exact) mass is 309 g/mol. The molecule has 1 rings (SSSR count). The van der Waals surface area contributed by atoms with Crippen LogP contribution in [0.3, 0.4) is 0 Å². The molecule has 0 saturated carbocycles. The molecular formula is C16H27N3OS. The Balaban J connectivity index is 2.21. The van der Waals surface area contributed by atoms with E-state index in [1.54, 1.807) is 0 Å². The summed E-state index contributed by atoms with van der Waals surface area (Å²) in [4.78, 5) is 4.57. The summed E-state index contributed by atoms with van der Waals surface area (Å²) in [7, 11) is 0. The molecular weight excluding hydrogens is 282 g/mol. The number of rotatable bonds is 9. The molecule has 118 valence electrons. The van der Waals surface area contributed by atoms with E-state index in [4.69, 9.17) is 4.74 Å². The van der Waals surface area contributed by atoms with E-state index in [1.807, 2.05) is 42.1 Å². The normalized spacial score (nSPS) is 12.8. The summed E-state index contributed by atoms with van der Waals surface area (Å²) in [6, 6.07) is 9.90.